The van der Waals surface area contributed by atoms with Crippen molar-refractivity contribution in [2.75, 3.05) is 19.8 Å². The Kier molecular flexibility index (Phi) is 8.06. The number of esters is 1. The quantitative estimate of drug-likeness (QED) is 0.148. The molecule has 0 radical (unpaired) electrons. The normalized spacial score (nSPS) is 35.9. The van der Waals surface area contributed by atoms with Crippen molar-refractivity contribution in [3.05, 3.63) is 33.9 Å². The number of hydrogen-bond donors (Lipinski definition) is 2. The molecule has 2 N–H and O–H groups in total. The van der Waals surface area contributed by atoms with Gasteiger partial charge in [0.2, 0.25) is 5.91 Å². The molecule has 4 aliphatic carbocycles. The number of ether oxygens (including phenoxy) is 1. The van der Waals surface area contributed by atoms with E-state index in [1.54, 1.807) is 0 Å². The first kappa shape index (κ1) is 27.3. The molecule has 4 rings (SSSR count). The third kappa shape index (κ3) is 5.44. The summed E-state index contributed by atoms with van der Waals surface area (Å²) in [7, 11) is 0. The minimum Gasteiger partial charge on any atom is -0.456 e. The monoisotopic (exact) mass is 518 g/mol. The molecule has 0 heterocycles. The third-order valence-electron chi connectivity index (χ3n) is 9.49. The van der Waals surface area contributed by atoms with Gasteiger partial charge in [-0.05, 0) is 62.2 Å². The fourth-order valence-corrected chi connectivity index (χ4v) is 7.93. The SMILES string of the molecule is CC12C=CCC=C1CCC1C2C(O)CC2(C)C(C(=O)COC(=O)CNC(=O)CCCO[N+](=O)[O-])CCC12. The van der Waals surface area contributed by atoms with Crippen molar-refractivity contribution in [2.24, 2.45) is 34.5 Å². The van der Waals surface area contributed by atoms with Crippen molar-refractivity contribution in [3.63, 3.8) is 0 Å². The van der Waals surface area contributed by atoms with Gasteiger partial charge >= 0.3 is 5.97 Å². The summed E-state index contributed by atoms with van der Waals surface area (Å²) in [4.78, 5) is 51.3. The van der Waals surface area contributed by atoms with Crippen LogP contribution in [0.4, 0.5) is 0 Å². The molecule has 4 aliphatic rings. The average molecular weight is 519 g/mol. The summed E-state index contributed by atoms with van der Waals surface area (Å²) in [6.07, 6.45) is 11.7. The minimum atomic E-state index is -0.928. The van der Waals surface area contributed by atoms with E-state index in [1.165, 1.54) is 5.57 Å². The minimum absolute atomic E-state index is 0.0293. The summed E-state index contributed by atoms with van der Waals surface area (Å²) in [5, 5.41) is 23.0. The fraction of sp³-hybridized carbons (Fsp3) is 0.741. The Hall–Kier alpha value is -2.75. The number of nitrogens with zero attached hydrogens (tertiary/aromatic N) is 1. The summed E-state index contributed by atoms with van der Waals surface area (Å²) in [5.41, 5.74) is 0.984. The molecule has 1 amide bonds. The number of aliphatic hydroxyl groups is 1. The van der Waals surface area contributed by atoms with Crippen LogP contribution in [-0.4, -0.2) is 53.7 Å². The van der Waals surface area contributed by atoms with Gasteiger partial charge in [0.1, 0.15) is 13.2 Å². The first-order chi connectivity index (χ1) is 17.6. The maximum atomic E-state index is 13.2. The van der Waals surface area contributed by atoms with E-state index in [9.17, 15) is 29.6 Å². The Balaban J connectivity index is 1.29. The zero-order valence-corrected chi connectivity index (χ0v) is 21.6. The van der Waals surface area contributed by atoms with Crippen LogP contribution in [0.2, 0.25) is 0 Å². The van der Waals surface area contributed by atoms with Gasteiger partial charge in [-0.2, -0.15) is 0 Å². The molecule has 7 unspecified atom stereocenters. The lowest BCUT2D eigenvalue weighted by Crippen LogP contribution is -2.56. The molecule has 0 bridgehead atoms. The molecule has 0 aromatic heterocycles. The van der Waals surface area contributed by atoms with Crippen LogP contribution in [0.1, 0.15) is 65.2 Å². The highest BCUT2D eigenvalue weighted by Gasteiger charge is 2.62. The predicted molar refractivity (Wildman–Crippen MR) is 132 cm³/mol. The molecule has 7 atom stereocenters. The van der Waals surface area contributed by atoms with Crippen molar-refractivity contribution in [1.29, 1.82) is 0 Å². The smallest absolute Gasteiger partial charge is 0.325 e. The molecule has 0 aromatic carbocycles. The standard InChI is InChI=1S/C27H38N2O8/c1-26-12-4-3-6-17(26)8-9-18-19-10-11-20(27(19,2)14-21(30)25(18)26)22(31)16-36-24(33)15-28-23(32)7-5-13-37-29(34)35/h4,6,12,18-21,25,30H,3,5,7-11,13-16H2,1-2H3,(H,28,32). The van der Waals surface area contributed by atoms with Gasteiger partial charge in [-0.1, -0.05) is 37.6 Å². The van der Waals surface area contributed by atoms with Gasteiger partial charge < -0.3 is 20.0 Å². The van der Waals surface area contributed by atoms with Gasteiger partial charge in [-0.15, -0.1) is 10.1 Å². The molecule has 0 spiro atoms. The average Bonchev–Trinajstić information content (AvgIpc) is 3.19. The summed E-state index contributed by atoms with van der Waals surface area (Å²) < 4.78 is 5.17. The number of amides is 1. The number of Topliss-reactive ketones (excluding diaryl/α,β-unsaturated/α-hetero) is 1. The number of allylic oxidation sites excluding steroid dienone is 4. The van der Waals surface area contributed by atoms with Crippen LogP contribution in [-0.2, 0) is 24.0 Å². The molecular weight excluding hydrogens is 480 g/mol. The van der Waals surface area contributed by atoms with Gasteiger partial charge in [-0.3, -0.25) is 14.4 Å². The van der Waals surface area contributed by atoms with Crippen LogP contribution in [0, 0.1) is 44.6 Å². The maximum Gasteiger partial charge on any atom is 0.325 e. The zero-order valence-electron chi connectivity index (χ0n) is 21.6. The van der Waals surface area contributed by atoms with Crippen molar-refractivity contribution < 1.29 is 34.2 Å². The van der Waals surface area contributed by atoms with Crippen molar-refractivity contribution in [1.82, 2.24) is 5.32 Å². The number of carbonyl (C=O) groups excluding carboxylic acids is 3. The second-order valence-electron chi connectivity index (χ2n) is 11.5. The van der Waals surface area contributed by atoms with Crippen LogP contribution >= 0.6 is 0 Å². The Morgan fingerprint density at radius 3 is 2.78 bits per heavy atom. The van der Waals surface area contributed by atoms with E-state index >= 15 is 0 Å². The molecule has 37 heavy (non-hydrogen) atoms. The van der Waals surface area contributed by atoms with Gasteiger partial charge in [-0.25, -0.2) is 0 Å². The first-order valence-corrected chi connectivity index (χ1v) is 13.3. The first-order valence-electron chi connectivity index (χ1n) is 13.3. The molecule has 204 valence electrons. The van der Waals surface area contributed by atoms with E-state index in [2.05, 4.69) is 42.2 Å². The Labute approximate surface area is 216 Å². The van der Waals surface area contributed by atoms with E-state index in [1.807, 2.05) is 0 Å². The molecule has 3 saturated carbocycles. The highest BCUT2D eigenvalue weighted by atomic mass is 16.9. The second kappa shape index (κ2) is 10.9. The lowest BCUT2D eigenvalue weighted by atomic mass is 9.47. The number of hydrogen-bond acceptors (Lipinski definition) is 8. The number of rotatable bonds is 10. The van der Waals surface area contributed by atoms with Crippen LogP contribution in [0.15, 0.2) is 23.8 Å². The summed E-state index contributed by atoms with van der Waals surface area (Å²) >= 11 is 0. The number of fused-ring (bicyclic) bond motifs is 5. The van der Waals surface area contributed by atoms with E-state index in [0.29, 0.717) is 18.3 Å². The molecule has 10 nitrogen and oxygen atoms in total. The molecule has 0 aliphatic heterocycles. The largest absolute Gasteiger partial charge is 0.456 e. The Morgan fingerprint density at radius 2 is 2.03 bits per heavy atom. The van der Waals surface area contributed by atoms with Crippen LogP contribution in [0.3, 0.4) is 0 Å². The van der Waals surface area contributed by atoms with E-state index < -0.39 is 23.1 Å². The summed E-state index contributed by atoms with van der Waals surface area (Å²) in [5.74, 6) is -0.725. The summed E-state index contributed by atoms with van der Waals surface area (Å²) in [6.45, 7) is 3.45. The van der Waals surface area contributed by atoms with E-state index in [-0.39, 0.29) is 61.0 Å². The van der Waals surface area contributed by atoms with Crippen LogP contribution < -0.4 is 5.32 Å². The highest BCUT2D eigenvalue weighted by molar-refractivity contribution is 5.87. The van der Waals surface area contributed by atoms with Crippen LogP contribution in [0.25, 0.3) is 0 Å². The van der Waals surface area contributed by atoms with Crippen molar-refractivity contribution in [3.8, 4) is 0 Å². The van der Waals surface area contributed by atoms with Crippen molar-refractivity contribution in [2.45, 2.75) is 71.3 Å². The van der Waals surface area contributed by atoms with Crippen molar-refractivity contribution >= 4 is 17.7 Å². The second-order valence-corrected chi connectivity index (χ2v) is 11.5. The fourth-order valence-electron chi connectivity index (χ4n) is 7.93. The lowest BCUT2D eigenvalue weighted by molar-refractivity contribution is -0.757. The molecule has 3 fully saturated rings. The number of carbonyl (C=O) groups is 3. The molecular formula is C27H38N2O8. The molecule has 10 heteroatoms. The Morgan fingerprint density at radius 1 is 1.24 bits per heavy atom. The Bertz CT molecular complexity index is 993. The van der Waals surface area contributed by atoms with Gasteiger partial charge in [0.25, 0.3) is 5.09 Å². The number of aliphatic hydroxyl groups excluding tert-OH is 1. The molecule has 0 aromatic rings. The molecule has 0 saturated heterocycles. The van der Waals surface area contributed by atoms with Gasteiger partial charge in [0.15, 0.2) is 5.78 Å². The lowest BCUT2D eigenvalue weighted by Gasteiger charge is -2.58. The van der Waals surface area contributed by atoms with Crippen LogP contribution in [0.5, 0.6) is 0 Å². The topological polar surface area (TPSA) is 145 Å². The van der Waals surface area contributed by atoms with Gasteiger partial charge in [0, 0.05) is 23.7 Å². The summed E-state index contributed by atoms with van der Waals surface area (Å²) in [6, 6.07) is 0. The highest BCUT2D eigenvalue weighted by Crippen LogP contribution is 2.66. The maximum absolute atomic E-state index is 13.2. The predicted octanol–water partition coefficient (Wildman–Crippen LogP) is 2.92. The van der Waals surface area contributed by atoms with E-state index in [4.69, 9.17) is 4.74 Å². The van der Waals surface area contributed by atoms with Gasteiger partial charge in [0.05, 0.1) is 12.7 Å². The zero-order chi connectivity index (χ0) is 26.8. The number of nitrogens with one attached hydrogen (secondary N) is 1. The number of ketones is 1. The third-order valence-corrected chi connectivity index (χ3v) is 9.49. The van der Waals surface area contributed by atoms with E-state index in [0.717, 1.165) is 32.1 Å².